The number of methoxy groups -OCH3 is 1. The third-order valence-electron chi connectivity index (χ3n) is 3.20. The Bertz CT molecular complexity index is 543. The summed E-state index contributed by atoms with van der Waals surface area (Å²) in [6.45, 7) is 1.95. The monoisotopic (exact) mass is 293 g/mol. The Balaban J connectivity index is 2.04. The highest BCUT2D eigenvalue weighted by Crippen LogP contribution is 2.32. The Morgan fingerprint density at radius 3 is 3.00 bits per heavy atom. The molecule has 1 aliphatic heterocycles. The van der Waals surface area contributed by atoms with Crippen LogP contribution in [0.3, 0.4) is 0 Å². The predicted octanol–water partition coefficient (Wildman–Crippen LogP) is 0.708. The fourth-order valence-electron chi connectivity index (χ4n) is 1.97. The second-order valence-electron chi connectivity index (χ2n) is 4.81. The summed E-state index contributed by atoms with van der Waals surface area (Å²) < 4.78 is 10.5. The summed E-state index contributed by atoms with van der Waals surface area (Å²) in [6.07, 6.45) is -0.666. The van der Waals surface area contributed by atoms with Gasteiger partial charge in [-0.15, -0.1) is 0 Å². The molecule has 2 rings (SSSR count). The molecule has 0 bridgehead atoms. The highest BCUT2D eigenvalue weighted by molar-refractivity contribution is 5.99. The van der Waals surface area contributed by atoms with E-state index in [9.17, 15) is 9.59 Å². The first kappa shape index (κ1) is 15.3. The van der Waals surface area contributed by atoms with Crippen molar-refractivity contribution in [1.29, 1.82) is 0 Å². The molecule has 2 unspecified atom stereocenters. The molecule has 7 heteroatoms. The fraction of sp³-hybridized carbons (Fsp3) is 0.429. The number of anilines is 2. The van der Waals surface area contributed by atoms with Crippen molar-refractivity contribution in [2.45, 2.75) is 25.6 Å². The summed E-state index contributed by atoms with van der Waals surface area (Å²) in [7, 11) is 1.51. The van der Waals surface area contributed by atoms with Crippen LogP contribution in [0.4, 0.5) is 11.4 Å². The molecule has 1 heterocycles. The van der Waals surface area contributed by atoms with Gasteiger partial charge in [-0.2, -0.15) is 0 Å². The number of rotatable bonds is 5. The first-order valence-corrected chi connectivity index (χ1v) is 6.67. The molecule has 1 aromatic rings. The third-order valence-corrected chi connectivity index (χ3v) is 3.20. The number of hydrogen-bond acceptors (Lipinski definition) is 5. The van der Waals surface area contributed by atoms with Gasteiger partial charge in [-0.25, -0.2) is 0 Å². The number of ether oxygens (including phenoxy) is 2. The minimum absolute atomic E-state index is 0.171. The Morgan fingerprint density at radius 2 is 2.33 bits per heavy atom. The van der Waals surface area contributed by atoms with Gasteiger partial charge in [-0.05, 0) is 25.1 Å². The van der Waals surface area contributed by atoms with Crippen LogP contribution in [0.5, 0.6) is 5.75 Å². The van der Waals surface area contributed by atoms with Gasteiger partial charge in [0.05, 0.1) is 18.2 Å². The molecule has 0 fully saturated rings. The number of amides is 2. The standard InChI is InChI=1S/C14H19N3O4/c1-8-14(19)17-11-5-9(3-4-12(11)21-8)16-13(18)6-10(7-15)20-2/h3-5,8,10H,6-7,15H2,1-2H3,(H,16,18)(H,17,19). The molecule has 0 aliphatic carbocycles. The van der Waals surface area contributed by atoms with Gasteiger partial charge >= 0.3 is 0 Å². The molecule has 0 saturated heterocycles. The van der Waals surface area contributed by atoms with Crippen LogP contribution in [-0.2, 0) is 14.3 Å². The van der Waals surface area contributed by atoms with E-state index in [0.717, 1.165) is 0 Å². The first-order chi connectivity index (χ1) is 10.0. The SMILES string of the molecule is COC(CN)CC(=O)Nc1ccc2c(c1)NC(=O)C(C)O2. The summed E-state index contributed by atoms with van der Waals surface area (Å²) in [6, 6.07) is 5.07. The van der Waals surface area contributed by atoms with Gasteiger partial charge in [0.1, 0.15) is 5.75 Å². The lowest BCUT2D eigenvalue weighted by molar-refractivity contribution is -0.122. The highest BCUT2D eigenvalue weighted by Gasteiger charge is 2.23. The molecule has 0 spiro atoms. The number of nitrogens with one attached hydrogen (secondary N) is 2. The number of carbonyl (C=O) groups excluding carboxylic acids is 2. The van der Waals surface area contributed by atoms with Crippen molar-refractivity contribution in [3.63, 3.8) is 0 Å². The number of fused-ring (bicyclic) bond motifs is 1. The smallest absolute Gasteiger partial charge is 0.265 e. The van der Waals surface area contributed by atoms with E-state index in [1.807, 2.05) is 0 Å². The van der Waals surface area contributed by atoms with Gasteiger partial charge in [-0.1, -0.05) is 0 Å². The Labute approximate surface area is 122 Å². The van der Waals surface area contributed by atoms with E-state index in [4.69, 9.17) is 15.2 Å². The van der Waals surface area contributed by atoms with Crippen LogP contribution in [0.1, 0.15) is 13.3 Å². The van der Waals surface area contributed by atoms with Gasteiger partial charge in [0.15, 0.2) is 6.10 Å². The summed E-state index contributed by atoms with van der Waals surface area (Å²) in [4.78, 5) is 23.4. The highest BCUT2D eigenvalue weighted by atomic mass is 16.5. The predicted molar refractivity (Wildman–Crippen MR) is 78.3 cm³/mol. The van der Waals surface area contributed by atoms with Crippen molar-refractivity contribution in [1.82, 2.24) is 0 Å². The molecule has 7 nitrogen and oxygen atoms in total. The number of benzene rings is 1. The number of nitrogens with two attached hydrogens (primary N) is 1. The van der Waals surface area contributed by atoms with Gasteiger partial charge in [-0.3, -0.25) is 9.59 Å². The molecular formula is C14H19N3O4. The minimum Gasteiger partial charge on any atom is -0.479 e. The molecule has 21 heavy (non-hydrogen) atoms. The molecule has 0 radical (unpaired) electrons. The number of hydrogen-bond donors (Lipinski definition) is 3. The van der Waals surface area contributed by atoms with E-state index in [1.54, 1.807) is 25.1 Å². The van der Waals surface area contributed by atoms with E-state index >= 15 is 0 Å². The van der Waals surface area contributed by atoms with Crippen molar-refractivity contribution < 1.29 is 19.1 Å². The molecule has 1 aromatic carbocycles. The van der Waals surface area contributed by atoms with Crippen molar-refractivity contribution >= 4 is 23.2 Å². The molecule has 1 aliphatic rings. The van der Waals surface area contributed by atoms with Crippen LogP contribution >= 0.6 is 0 Å². The van der Waals surface area contributed by atoms with Gasteiger partial charge in [0.25, 0.3) is 5.91 Å². The topological polar surface area (TPSA) is 103 Å². The Hall–Kier alpha value is -2.12. The lowest BCUT2D eigenvalue weighted by Crippen LogP contribution is -2.34. The molecule has 2 atom stereocenters. The lowest BCUT2D eigenvalue weighted by atomic mass is 10.2. The first-order valence-electron chi connectivity index (χ1n) is 6.67. The van der Waals surface area contributed by atoms with Crippen LogP contribution in [0.25, 0.3) is 0 Å². The maximum absolute atomic E-state index is 11.9. The lowest BCUT2D eigenvalue weighted by Gasteiger charge is -2.23. The minimum atomic E-state index is -0.523. The zero-order valence-corrected chi connectivity index (χ0v) is 12.0. The average Bonchev–Trinajstić information content (AvgIpc) is 2.46. The van der Waals surface area contributed by atoms with Crippen molar-refractivity contribution in [3.05, 3.63) is 18.2 Å². The summed E-state index contributed by atoms with van der Waals surface area (Å²) in [5.74, 6) is 0.161. The molecule has 0 saturated carbocycles. The molecule has 4 N–H and O–H groups in total. The maximum Gasteiger partial charge on any atom is 0.265 e. The summed E-state index contributed by atoms with van der Waals surface area (Å²) in [5, 5.41) is 5.46. The Morgan fingerprint density at radius 1 is 1.57 bits per heavy atom. The summed E-state index contributed by atoms with van der Waals surface area (Å²) in [5.41, 5.74) is 6.59. The zero-order valence-electron chi connectivity index (χ0n) is 12.0. The zero-order chi connectivity index (χ0) is 15.4. The van der Waals surface area contributed by atoms with Crippen LogP contribution in [0, 0.1) is 0 Å². The van der Waals surface area contributed by atoms with Gasteiger partial charge in [0, 0.05) is 19.3 Å². The van der Waals surface area contributed by atoms with E-state index in [-0.39, 0.29) is 30.9 Å². The third kappa shape index (κ3) is 3.71. The second-order valence-corrected chi connectivity index (χ2v) is 4.81. The molecular weight excluding hydrogens is 274 g/mol. The van der Waals surface area contributed by atoms with E-state index in [1.165, 1.54) is 7.11 Å². The molecule has 0 aromatic heterocycles. The van der Waals surface area contributed by atoms with Gasteiger partial charge < -0.3 is 25.8 Å². The largest absolute Gasteiger partial charge is 0.479 e. The molecule has 114 valence electrons. The fourth-order valence-corrected chi connectivity index (χ4v) is 1.97. The van der Waals surface area contributed by atoms with E-state index in [0.29, 0.717) is 17.1 Å². The Kier molecular flexibility index (Phi) is 4.77. The van der Waals surface area contributed by atoms with Crippen molar-refractivity contribution in [3.8, 4) is 5.75 Å². The quantitative estimate of drug-likeness (QED) is 0.742. The van der Waals surface area contributed by atoms with Crippen molar-refractivity contribution in [2.75, 3.05) is 24.3 Å². The average molecular weight is 293 g/mol. The number of carbonyl (C=O) groups is 2. The maximum atomic E-state index is 11.9. The summed E-state index contributed by atoms with van der Waals surface area (Å²) >= 11 is 0. The normalized spacial score (nSPS) is 18.2. The van der Waals surface area contributed by atoms with E-state index < -0.39 is 6.10 Å². The van der Waals surface area contributed by atoms with E-state index in [2.05, 4.69) is 10.6 Å². The van der Waals surface area contributed by atoms with Crippen LogP contribution in [0.2, 0.25) is 0 Å². The van der Waals surface area contributed by atoms with Crippen LogP contribution in [-0.4, -0.2) is 37.7 Å². The van der Waals surface area contributed by atoms with Gasteiger partial charge in [0.2, 0.25) is 5.91 Å². The van der Waals surface area contributed by atoms with Crippen LogP contribution in [0.15, 0.2) is 18.2 Å². The molecule has 2 amide bonds. The van der Waals surface area contributed by atoms with Crippen LogP contribution < -0.4 is 21.1 Å². The van der Waals surface area contributed by atoms with Crippen molar-refractivity contribution in [2.24, 2.45) is 5.73 Å². The second kappa shape index (κ2) is 6.55.